The standard InChI is InChI=1S/C16H28NO4P.C2H2O4/c1-5-8-13-17-16(22(18,20-6-2)21-7-3)14-9-11-15(19-4)12-10-14;3-1(4)2(5)6/h9-12,16-17H,5-8,13H2,1-4H3;(H,3,4)(H,5,6). The molecule has 0 amide bonds. The minimum absolute atomic E-state index is 0.343. The zero-order chi connectivity index (χ0) is 21.6. The quantitative estimate of drug-likeness (QED) is 0.309. The van der Waals surface area contributed by atoms with E-state index in [1.807, 2.05) is 38.1 Å². The molecule has 0 aromatic heterocycles. The average molecular weight is 419 g/mol. The van der Waals surface area contributed by atoms with Crippen molar-refractivity contribution in [2.24, 2.45) is 0 Å². The lowest BCUT2D eigenvalue weighted by atomic mass is 10.2. The Morgan fingerprint density at radius 1 is 1.14 bits per heavy atom. The molecule has 160 valence electrons. The molecule has 0 fully saturated rings. The Bertz CT molecular complexity index is 613. The van der Waals surface area contributed by atoms with Gasteiger partial charge in [-0.3, -0.25) is 4.57 Å². The Balaban J connectivity index is 0.00000105. The first-order chi connectivity index (χ1) is 13.2. The number of carboxylic acid groups (broad SMARTS) is 2. The smallest absolute Gasteiger partial charge is 0.392 e. The summed E-state index contributed by atoms with van der Waals surface area (Å²) in [6.07, 6.45) is 2.16. The summed E-state index contributed by atoms with van der Waals surface area (Å²) >= 11 is 0. The van der Waals surface area contributed by atoms with Crippen LogP contribution in [0.3, 0.4) is 0 Å². The molecule has 1 atom stereocenters. The van der Waals surface area contributed by atoms with Crippen LogP contribution in [-0.2, 0) is 23.2 Å². The number of nitrogens with two attached hydrogens (primary N) is 1. The molecule has 0 bridgehead atoms. The van der Waals surface area contributed by atoms with E-state index in [9.17, 15) is 4.57 Å². The third kappa shape index (κ3) is 9.32. The number of carbonyl (C=O) groups excluding carboxylic acids is 1. The topological polar surface area (TPSA) is 139 Å². The van der Waals surface area contributed by atoms with Crippen LogP contribution in [0.2, 0.25) is 0 Å². The van der Waals surface area contributed by atoms with E-state index in [2.05, 4.69) is 12.2 Å². The van der Waals surface area contributed by atoms with Crippen molar-refractivity contribution in [2.75, 3.05) is 26.9 Å². The van der Waals surface area contributed by atoms with Gasteiger partial charge in [0.1, 0.15) is 5.75 Å². The molecule has 9 nitrogen and oxygen atoms in total. The summed E-state index contributed by atoms with van der Waals surface area (Å²) in [7, 11) is -1.58. The van der Waals surface area contributed by atoms with Crippen molar-refractivity contribution in [3.63, 3.8) is 0 Å². The van der Waals surface area contributed by atoms with E-state index in [1.54, 1.807) is 7.11 Å². The van der Waals surface area contributed by atoms with Gasteiger partial charge in [-0.2, -0.15) is 0 Å². The number of benzene rings is 1. The highest BCUT2D eigenvalue weighted by Gasteiger charge is 2.40. The van der Waals surface area contributed by atoms with Gasteiger partial charge >= 0.3 is 13.6 Å². The van der Waals surface area contributed by atoms with Gasteiger partial charge in [0, 0.05) is 5.56 Å². The van der Waals surface area contributed by atoms with Gasteiger partial charge in [0.2, 0.25) is 5.78 Å². The van der Waals surface area contributed by atoms with Gasteiger partial charge in [-0.25, -0.2) is 4.79 Å². The molecule has 28 heavy (non-hydrogen) atoms. The van der Waals surface area contributed by atoms with Crippen molar-refractivity contribution >= 4 is 19.5 Å². The summed E-state index contributed by atoms with van der Waals surface area (Å²) in [6, 6.07) is 7.60. The molecule has 1 unspecified atom stereocenters. The minimum Gasteiger partial charge on any atom is -0.539 e. The van der Waals surface area contributed by atoms with Crippen LogP contribution in [0.4, 0.5) is 0 Å². The second kappa shape index (κ2) is 14.1. The fourth-order valence-electron chi connectivity index (χ4n) is 2.29. The second-order valence-corrected chi connectivity index (χ2v) is 7.72. The number of hydrogen-bond donors (Lipinski definition) is 2. The van der Waals surface area contributed by atoms with Gasteiger partial charge in [-0.15, -0.1) is 0 Å². The lowest BCUT2D eigenvalue weighted by molar-refractivity contribution is -0.678. The van der Waals surface area contributed by atoms with Gasteiger partial charge in [0.15, 0.2) is 5.97 Å². The van der Waals surface area contributed by atoms with E-state index in [0.717, 1.165) is 30.7 Å². The Labute approximate surface area is 165 Å². The predicted molar refractivity (Wildman–Crippen MR) is 101 cm³/mol. The first kappa shape index (κ1) is 26.1. The van der Waals surface area contributed by atoms with Crippen LogP contribution < -0.4 is 15.2 Å². The molecule has 3 N–H and O–H groups in total. The van der Waals surface area contributed by atoms with Gasteiger partial charge < -0.3 is 34.1 Å². The van der Waals surface area contributed by atoms with Crippen LogP contribution in [-0.4, -0.2) is 43.9 Å². The highest BCUT2D eigenvalue weighted by molar-refractivity contribution is 7.53. The van der Waals surface area contributed by atoms with Gasteiger partial charge in [-0.05, 0) is 44.5 Å². The van der Waals surface area contributed by atoms with Crippen molar-refractivity contribution in [1.82, 2.24) is 0 Å². The summed E-state index contributed by atoms with van der Waals surface area (Å²) < 4.78 is 29.4. The Kier molecular flexibility index (Phi) is 13.1. The van der Waals surface area contributed by atoms with Gasteiger partial charge in [0.05, 0.1) is 26.9 Å². The Hall–Kier alpha value is -1.93. The van der Waals surface area contributed by atoms with E-state index < -0.39 is 19.5 Å². The molecule has 1 aromatic carbocycles. The molecule has 0 heterocycles. The zero-order valence-electron chi connectivity index (χ0n) is 16.8. The Morgan fingerprint density at radius 2 is 1.64 bits per heavy atom. The maximum absolute atomic E-state index is 13.2. The van der Waals surface area contributed by atoms with E-state index in [4.69, 9.17) is 33.6 Å². The third-order valence-corrected chi connectivity index (χ3v) is 5.96. The van der Waals surface area contributed by atoms with Crippen LogP contribution in [0.5, 0.6) is 5.75 Å². The number of ether oxygens (including phenoxy) is 1. The maximum atomic E-state index is 13.2. The summed E-state index contributed by atoms with van der Waals surface area (Å²) in [5.41, 5.74) is 0.933. The minimum atomic E-state index is -3.21. The predicted octanol–water partition coefficient (Wildman–Crippen LogP) is 1.14. The van der Waals surface area contributed by atoms with Crippen LogP contribution in [0.1, 0.15) is 45.0 Å². The molecule has 0 radical (unpaired) electrons. The van der Waals surface area contributed by atoms with Crippen LogP contribution in [0, 0.1) is 0 Å². The number of carboxylic acids is 2. The number of aliphatic carboxylic acids is 2. The largest absolute Gasteiger partial charge is 0.539 e. The van der Waals surface area contributed by atoms with E-state index >= 15 is 0 Å². The molecular weight excluding hydrogens is 389 g/mol. The molecule has 0 spiro atoms. The summed E-state index contributed by atoms with van der Waals surface area (Å²) in [4.78, 5) is 18.0. The first-order valence-electron chi connectivity index (χ1n) is 9.05. The van der Waals surface area contributed by atoms with Gasteiger partial charge in [-0.1, -0.05) is 13.3 Å². The lowest BCUT2D eigenvalue weighted by Crippen LogP contribution is -2.85. The van der Waals surface area contributed by atoms with E-state index in [0.29, 0.717) is 13.2 Å². The fourth-order valence-corrected chi connectivity index (χ4v) is 4.35. The third-order valence-electron chi connectivity index (χ3n) is 3.54. The number of quaternary nitrogens is 1. The number of methoxy groups -OCH3 is 1. The molecule has 0 aliphatic carbocycles. The lowest BCUT2D eigenvalue weighted by Gasteiger charge is -2.25. The monoisotopic (exact) mass is 419 g/mol. The number of unbranched alkanes of at least 4 members (excludes halogenated alkanes) is 1. The summed E-state index contributed by atoms with van der Waals surface area (Å²) in [6.45, 7) is 7.43. The molecule has 0 aliphatic heterocycles. The number of hydrogen-bond acceptors (Lipinski definition) is 7. The molecule has 1 rings (SSSR count). The van der Waals surface area contributed by atoms with Crippen LogP contribution in [0.15, 0.2) is 24.3 Å². The number of rotatable bonds is 11. The molecule has 0 aliphatic rings. The average Bonchev–Trinajstić information content (AvgIpc) is 2.66. The van der Waals surface area contributed by atoms with Crippen molar-refractivity contribution in [1.29, 1.82) is 0 Å². The molecular formula is C18H30NO8P. The molecule has 0 saturated heterocycles. The van der Waals surface area contributed by atoms with Gasteiger partial charge in [0.25, 0.3) is 0 Å². The Morgan fingerprint density at radius 3 is 2.00 bits per heavy atom. The normalized spacial score (nSPS) is 11.9. The molecule has 10 heteroatoms. The zero-order valence-corrected chi connectivity index (χ0v) is 17.6. The van der Waals surface area contributed by atoms with E-state index in [1.165, 1.54) is 0 Å². The highest BCUT2D eigenvalue weighted by Crippen LogP contribution is 2.57. The highest BCUT2D eigenvalue weighted by atomic mass is 31.2. The SMILES string of the molecule is CCCC[NH2+]C(c1ccc(OC)cc1)P(=O)(OCC)OCC.O=C([O-])C(=O)O. The van der Waals surface area contributed by atoms with Crippen LogP contribution >= 0.6 is 7.60 Å². The molecule has 1 aromatic rings. The van der Waals surface area contributed by atoms with Crippen molar-refractivity contribution in [3.05, 3.63) is 29.8 Å². The van der Waals surface area contributed by atoms with E-state index in [-0.39, 0.29) is 5.78 Å². The summed E-state index contributed by atoms with van der Waals surface area (Å²) in [5.74, 6) is -3.58. The first-order valence-corrected chi connectivity index (χ1v) is 10.7. The summed E-state index contributed by atoms with van der Waals surface area (Å²) in [5, 5.41) is 18.4. The maximum Gasteiger partial charge on any atom is 0.392 e. The van der Waals surface area contributed by atoms with Crippen molar-refractivity contribution < 1.29 is 43.5 Å². The second-order valence-electron chi connectivity index (χ2n) is 5.56. The van der Waals surface area contributed by atoms with Crippen molar-refractivity contribution in [2.45, 2.75) is 39.4 Å². The fraction of sp³-hybridized carbons (Fsp3) is 0.556. The van der Waals surface area contributed by atoms with Crippen LogP contribution in [0.25, 0.3) is 0 Å². The number of carbonyl (C=O) groups is 2. The van der Waals surface area contributed by atoms with Crippen molar-refractivity contribution in [3.8, 4) is 5.75 Å². The molecule has 0 saturated carbocycles.